The molecule has 2 aliphatic rings. The minimum Gasteiger partial charge on any atom is -0.384 e. The van der Waals surface area contributed by atoms with Crippen LogP contribution in [0.2, 0.25) is 0 Å². The summed E-state index contributed by atoms with van der Waals surface area (Å²) in [5.41, 5.74) is 6.12. The highest BCUT2D eigenvalue weighted by atomic mass is 16.2. The zero-order chi connectivity index (χ0) is 11.1. The predicted molar refractivity (Wildman–Crippen MR) is 59.9 cm³/mol. The fourth-order valence-electron chi connectivity index (χ4n) is 2.51. The molecule has 1 amide bonds. The van der Waals surface area contributed by atoms with Crippen LogP contribution in [0.1, 0.15) is 16.8 Å². The number of piperazine rings is 1. The number of anilines is 1. The SMILES string of the molecule is Nc1ccc(C(=O)N2C[C@@H]3C[C@H]2CN3)cn1. The summed E-state index contributed by atoms with van der Waals surface area (Å²) in [6.45, 7) is 1.73. The van der Waals surface area contributed by atoms with Gasteiger partial charge in [0.15, 0.2) is 0 Å². The van der Waals surface area contributed by atoms with Gasteiger partial charge in [-0.25, -0.2) is 4.98 Å². The second-order valence-electron chi connectivity index (χ2n) is 4.42. The third kappa shape index (κ3) is 1.44. The summed E-state index contributed by atoms with van der Waals surface area (Å²) < 4.78 is 0. The van der Waals surface area contributed by atoms with Crippen LogP contribution in [-0.4, -0.2) is 41.0 Å². The van der Waals surface area contributed by atoms with E-state index in [1.165, 1.54) is 0 Å². The van der Waals surface area contributed by atoms with Crippen molar-refractivity contribution in [3.8, 4) is 0 Å². The molecule has 1 aromatic rings. The molecule has 0 unspecified atom stereocenters. The van der Waals surface area contributed by atoms with Crippen molar-refractivity contribution in [3.05, 3.63) is 23.9 Å². The van der Waals surface area contributed by atoms with Crippen LogP contribution in [0.25, 0.3) is 0 Å². The molecular weight excluding hydrogens is 204 g/mol. The third-order valence-electron chi connectivity index (χ3n) is 3.35. The van der Waals surface area contributed by atoms with Crippen molar-refractivity contribution in [3.63, 3.8) is 0 Å². The minimum absolute atomic E-state index is 0.0708. The van der Waals surface area contributed by atoms with Crippen LogP contribution in [0.5, 0.6) is 0 Å². The van der Waals surface area contributed by atoms with Crippen molar-refractivity contribution in [2.45, 2.75) is 18.5 Å². The zero-order valence-corrected chi connectivity index (χ0v) is 8.89. The number of amides is 1. The Bertz CT molecular complexity index is 416. The van der Waals surface area contributed by atoms with Gasteiger partial charge in [-0.2, -0.15) is 0 Å². The number of likely N-dealkylation sites (tertiary alicyclic amines) is 1. The molecule has 3 rings (SSSR count). The highest BCUT2D eigenvalue weighted by molar-refractivity contribution is 5.94. The second kappa shape index (κ2) is 3.45. The smallest absolute Gasteiger partial charge is 0.255 e. The number of nitrogens with one attached hydrogen (secondary N) is 1. The van der Waals surface area contributed by atoms with Crippen molar-refractivity contribution >= 4 is 11.7 Å². The van der Waals surface area contributed by atoms with Gasteiger partial charge in [0, 0.05) is 31.4 Å². The molecule has 1 aromatic heterocycles. The Morgan fingerprint density at radius 2 is 2.44 bits per heavy atom. The van der Waals surface area contributed by atoms with Crippen molar-refractivity contribution in [2.24, 2.45) is 0 Å². The molecule has 2 bridgehead atoms. The number of pyridine rings is 1. The maximum atomic E-state index is 12.2. The Morgan fingerprint density at radius 1 is 1.56 bits per heavy atom. The monoisotopic (exact) mass is 218 g/mol. The lowest BCUT2D eigenvalue weighted by Crippen LogP contribution is -2.46. The molecule has 0 saturated carbocycles. The first kappa shape index (κ1) is 9.59. The van der Waals surface area contributed by atoms with Crippen LogP contribution in [0.3, 0.4) is 0 Å². The largest absolute Gasteiger partial charge is 0.384 e. The number of hydrogen-bond donors (Lipinski definition) is 2. The Labute approximate surface area is 93.6 Å². The number of hydrogen-bond acceptors (Lipinski definition) is 4. The second-order valence-corrected chi connectivity index (χ2v) is 4.42. The number of carbonyl (C=O) groups is 1. The Morgan fingerprint density at radius 3 is 3.00 bits per heavy atom. The molecule has 0 aromatic carbocycles. The number of nitrogen functional groups attached to an aromatic ring is 1. The molecule has 0 radical (unpaired) electrons. The van der Waals surface area contributed by atoms with Crippen LogP contribution >= 0.6 is 0 Å². The summed E-state index contributed by atoms with van der Waals surface area (Å²) in [5, 5.41) is 3.37. The van der Waals surface area contributed by atoms with Gasteiger partial charge in [-0.1, -0.05) is 0 Å². The maximum Gasteiger partial charge on any atom is 0.255 e. The van der Waals surface area contributed by atoms with E-state index in [0.29, 0.717) is 23.5 Å². The first-order valence-electron chi connectivity index (χ1n) is 5.50. The van der Waals surface area contributed by atoms with E-state index < -0.39 is 0 Å². The molecule has 0 spiro atoms. The molecular formula is C11H14N4O. The predicted octanol–water partition coefficient (Wildman–Crippen LogP) is -0.150. The van der Waals surface area contributed by atoms with Gasteiger partial charge in [0.1, 0.15) is 5.82 Å². The lowest BCUT2D eigenvalue weighted by molar-refractivity contribution is 0.0715. The van der Waals surface area contributed by atoms with Gasteiger partial charge in [-0.15, -0.1) is 0 Å². The molecule has 2 aliphatic heterocycles. The molecule has 2 fully saturated rings. The summed E-state index contributed by atoms with van der Waals surface area (Å²) in [6.07, 6.45) is 2.63. The van der Waals surface area contributed by atoms with Gasteiger partial charge < -0.3 is 16.0 Å². The lowest BCUT2D eigenvalue weighted by atomic mass is 10.2. The molecule has 3 N–H and O–H groups in total. The third-order valence-corrected chi connectivity index (χ3v) is 3.35. The fourth-order valence-corrected chi connectivity index (χ4v) is 2.51. The summed E-state index contributed by atoms with van der Waals surface area (Å²) in [5.74, 6) is 0.516. The van der Waals surface area contributed by atoms with Crippen molar-refractivity contribution < 1.29 is 4.79 Å². The first-order valence-corrected chi connectivity index (χ1v) is 5.50. The average molecular weight is 218 g/mol. The minimum atomic E-state index is 0.0708. The van der Waals surface area contributed by atoms with Crippen LogP contribution in [0, 0.1) is 0 Å². The number of nitrogens with two attached hydrogens (primary N) is 1. The molecule has 84 valence electrons. The summed E-state index contributed by atoms with van der Waals surface area (Å²) in [6, 6.07) is 4.25. The van der Waals surface area contributed by atoms with Crippen LogP contribution in [-0.2, 0) is 0 Å². The summed E-state index contributed by atoms with van der Waals surface area (Å²) >= 11 is 0. The number of aromatic nitrogens is 1. The highest BCUT2D eigenvalue weighted by Gasteiger charge is 2.40. The molecule has 2 atom stereocenters. The maximum absolute atomic E-state index is 12.2. The molecule has 5 heteroatoms. The van der Waals surface area contributed by atoms with E-state index in [4.69, 9.17) is 5.73 Å². The normalized spacial score (nSPS) is 27.4. The van der Waals surface area contributed by atoms with Gasteiger partial charge in [0.05, 0.1) is 5.56 Å². The van der Waals surface area contributed by atoms with Gasteiger partial charge >= 0.3 is 0 Å². The molecule has 16 heavy (non-hydrogen) atoms. The fraction of sp³-hybridized carbons (Fsp3) is 0.455. The molecule has 2 saturated heterocycles. The van der Waals surface area contributed by atoms with E-state index in [1.54, 1.807) is 18.3 Å². The van der Waals surface area contributed by atoms with E-state index in [-0.39, 0.29) is 5.91 Å². The van der Waals surface area contributed by atoms with Crippen molar-refractivity contribution in [1.82, 2.24) is 15.2 Å². The molecule has 5 nitrogen and oxygen atoms in total. The molecule has 0 aliphatic carbocycles. The summed E-state index contributed by atoms with van der Waals surface area (Å²) in [4.78, 5) is 18.1. The van der Waals surface area contributed by atoms with E-state index in [0.717, 1.165) is 19.5 Å². The van der Waals surface area contributed by atoms with Crippen LogP contribution < -0.4 is 11.1 Å². The van der Waals surface area contributed by atoms with E-state index >= 15 is 0 Å². The van der Waals surface area contributed by atoms with Gasteiger partial charge in [-0.05, 0) is 18.6 Å². The molecule has 3 heterocycles. The Balaban J connectivity index is 1.80. The zero-order valence-electron chi connectivity index (χ0n) is 8.89. The van der Waals surface area contributed by atoms with Crippen LogP contribution in [0.15, 0.2) is 18.3 Å². The van der Waals surface area contributed by atoms with E-state index in [1.807, 2.05) is 4.90 Å². The number of rotatable bonds is 1. The number of carbonyl (C=O) groups excluding carboxylic acids is 1. The topological polar surface area (TPSA) is 71.2 Å². The quantitative estimate of drug-likeness (QED) is 0.687. The van der Waals surface area contributed by atoms with Crippen LogP contribution in [0.4, 0.5) is 5.82 Å². The number of nitrogens with zero attached hydrogens (tertiary/aromatic N) is 2. The highest BCUT2D eigenvalue weighted by Crippen LogP contribution is 2.24. The lowest BCUT2D eigenvalue weighted by Gasteiger charge is -2.27. The Hall–Kier alpha value is -1.62. The van der Waals surface area contributed by atoms with Gasteiger partial charge in [0.25, 0.3) is 5.91 Å². The number of fused-ring (bicyclic) bond motifs is 2. The Kier molecular flexibility index (Phi) is 2.07. The van der Waals surface area contributed by atoms with Crippen molar-refractivity contribution in [2.75, 3.05) is 18.8 Å². The average Bonchev–Trinajstić information content (AvgIpc) is 2.91. The van der Waals surface area contributed by atoms with E-state index in [9.17, 15) is 4.79 Å². The first-order chi connectivity index (χ1) is 7.74. The summed E-state index contributed by atoms with van der Waals surface area (Å²) in [7, 11) is 0. The van der Waals surface area contributed by atoms with Crippen molar-refractivity contribution in [1.29, 1.82) is 0 Å². The van der Waals surface area contributed by atoms with Gasteiger partial charge in [0.2, 0.25) is 0 Å². The standard InChI is InChI=1S/C11H14N4O/c12-10-2-1-7(4-14-10)11(16)15-6-8-3-9(15)5-13-8/h1-2,4,8-9,13H,3,5-6H2,(H2,12,14)/t8-,9-/m0/s1. The van der Waals surface area contributed by atoms with Gasteiger partial charge in [-0.3, -0.25) is 4.79 Å². The van der Waals surface area contributed by atoms with E-state index in [2.05, 4.69) is 10.3 Å².